The number of anilines is 1. The van der Waals surface area contributed by atoms with Crippen LogP contribution in [-0.2, 0) is 6.42 Å². The SMILES string of the molecule is CCc1cc(C(=O)O)c(NC(=O)c2ccc(OC)cc2)s1. The highest BCUT2D eigenvalue weighted by Crippen LogP contribution is 2.29. The van der Waals surface area contributed by atoms with Gasteiger partial charge in [0.05, 0.1) is 12.7 Å². The highest BCUT2D eigenvalue weighted by atomic mass is 32.1. The molecule has 0 saturated carbocycles. The third kappa shape index (κ3) is 3.41. The van der Waals surface area contributed by atoms with Gasteiger partial charge in [-0.25, -0.2) is 4.79 Å². The molecule has 0 aliphatic rings. The number of carboxylic acids is 1. The molecule has 0 saturated heterocycles. The second-order valence-electron chi connectivity index (χ2n) is 4.30. The van der Waals surface area contributed by atoms with E-state index in [0.717, 1.165) is 11.3 Å². The number of ether oxygens (including phenoxy) is 1. The average Bonchev–Trinajstić information content (AvgIpc) is 2.90. The Morgan fingerprint density at radius 3 is 2.48 bits per heavy atom. The van der Waals surface area contributed by atoms with Crippen molar-refractivity contribution in [3.05, 3.63) is 46.3 Å². The molecule has 0 bridgehead atoms. The van der Waals surface area contributed by atoms with E-state index in [1.165, 1.54) is 11.3 Å². The molecular formula is C15H15NO4S. The van der Waals surface area contributed by atoms with Crippen LogP contribution in [0.15, 0.2) is 30.3 Å². The molecule has 2 rings (SSSR count). The Morgan fingerprint density at radius 2 is 1.95 bits per heavy atom. The Morgan fingerprint density at radius 1 is 1.29 bits per heavy atom. The van der Waals surface area contributed by atoms with Gasteiger partial charge in [0.15, 0.2) is 0 Å². The number of nitrogens with one attached hydrogen (secondary N) is 1. The molecule has 1 aromatic heterocycles. The lowest BCUT2D eigenvalue weighted by molar-refractivity contribution is 0.0698. The van der Waals surface area contributed by atoms with Gasteiger partial charge in [-0.1, -0.05) is 6.92 Å². The second kappa shape index (κ2) is 6.41. The first-order valence-corrected chi connectivity index (χ1v) is 7.18. The summed E-state index contributed by atoms with van der Waals surface area (Å²) in [5.41, 5.74) is 0.567. The Balaban J connectivity index is 2.22. The van der Waals surface area contributed by atoms with Gasteiger partial charge in [0.1, 0.15) is 10.8 Å². The van der Waals surface area contributed by atoms with Crippen molar-refractivity contribution in [1.82, 2.24) is 0 Å². The van der Waals surface area contributed by atoms with Gasteiger partial charge in [-0.3, -0.25) is 4.79 Å². The number of aromatic carboxylic acids is 1. The number of thiophene rings is 1. The Hall–Kier alpha value is -2.34. The van der Waals surface area contributed by atoms with Crippen molar-refractivity contribution in [3.63, 3.8) is 0 Å². The van der Waals surface area contributed by atoms with E-state index in [0.29, 0.717) is 16.3 Å². The lowest BCUT2D eigenvalue weighted by atomic mass is 10.2. The minimum Gasteiger partial charge on any atom is -0.497 e. The molecule has 6 heteroatoms. The van der Waals surface area contributed by atoms with Crippen LogP contribution in [0.3, 0.4) is 0 Å². The highest BCUT2D eigenvalue weighted by molar-refractivity contribution is 7.16. The normalized spacial score (nSPS) is 10.2. The Labute approximate surface area is 126 Å². The molecule has 1 amide bonds. The van der Waals surface area contributed by atoms with Crippen LogP contribution < -0.4 is 10.1 Å². The summed E-state index contributed by atoms with van der Waals surface area (Å²) in [6.45, 7) is 1.94. The molecule has 5 nitrogen and oxygen atoms in total. The van der Waals surface area contributed by atoms with Crippen LogP contribution in [-0.4, -0.2) is 24.1 Å². The highest BCUT2D eigenvalue weighted by Gasteiger charge is 2.17. The molecular weight excluding hydrogens is 290 g/mol. The predicted octanol–water partition coefficient (Wildman–Crippen LogP) is 3.27. The fourth-order valence-corrected chi connectivity index (χ4v) is 2.77. The number of benzene rings is 1. The number of hydrogen-bond acceptors (Lipinski definition) is 4. The van der Waals surface area contributed by atoms with E-state index >= 15 is 0 Å². The molecule has 0 aliphatic carbocycles. The van der Waals surface area contributed by atoms with E-state index in [2.05, 4.69) is 5.32 Å². The first-order chi connectivity index (χ1) is 10.0. The summed E-state index contributed by atoms with van der Waals surface area (Å²) in [6.07, 6.45) is 0.726. The molecule has 0 aliphatic heterocycles. The second-order valence-corrected chi connectivity index (χ2v) is 5.43. The number of methoxy groups -OCH3 is 1. The number of carbonyl (C=O) groups is 2. The minimum absolute atomic E-state index is 0.124. The molecule has 21 heavy (non-hydrogen) atoms. The van der Waals surface area contributed by atoms with Crippen LogP contribution in [0, 0.1) is 0 Å². The van der Waals surface area contributed by atoms with Gasteiger partial charge in [0.2, 0.25) is 0 Å². The zero-order valence-corrected chi connectivity index (χ0v) is 12.5. The first kappa shape index (κ1) is 15.1. The van der Waals surface area contributed by atoms with E-state index in [1.54, 1.807) is 37.4 Å². The largest absolute Gasteiger partial charge is 0.497 e. The van der Waals surface area contributed by atoms with Crippen LogP contribution in [0.1, 0.15) is 32.5 Å². The van der Waals surface area contributed by atoms with Gasteiger partial charge in [0, 0.05) is 10.4 Å². The average molecular weight is 305 g/mol. The standard InChI is InChI=1S/C15H15NO4S/c1-3-11-8-12(15(18)19)14(21-11)16-13(17)9-4-6-10(20-2)7-5-9/h4-8H,3H2,1-2H3,(H,16,17)(H,18,19). The van der Waals surface area contributed by atoms with Crippen molar-refractivity contribution in [2.24, 2.45) is 0 Å². The number of hydrogen-bond donors (Lipinski definition) is 2. The summed E-state index contributed by atoms with van der Waals surface area (Å²) in [4.78, 5) is 24.3. The lowest BCUT2D eigenvalue weighted by Crippen LogP contribution is -2.13. The van der Waals surface area contributed by atoms with Crippen molar-refractivity contribution < 1.29 is 19.4 Å². The van der Waals surface area contributed by atoms with Crippen molar-refractivity contribution in [3.8, 4) is 5.75 Å². The van der Waals surface area contributed by atoms with Gasteiger partial charge in [-0.2, -0.15) is 0 Å². The van der Waals surface area contributed by atoms with E-state index in [9.17, 15) is 9.59 Å². The van der Waals surface area contributed by atoms with Gasteiger partial charge in [-0.15, -0.1) is 11.3 Å². The fraction of sp³-hybridized carbons (Fsp3) is 0.200. The molecule has 1 aromatic carbocycles. The summed E-state index contributed by atoms with van der Waals surface area (Å²) in [5.74, 6) is -0.734. The monoisotopic (exact) mass is 305 g/mol. The van der Waals surface area contributed by atoms with E-state index < -0.39 is 5.97 Å². The van der Waals surface area contributed by atoms with Crippen LogP contribution in [0.25, 0.3) is 0 Å². The van der Waals surface area contributed by atoms with Crippen molar-refractivity contribution >= 4 is 28.2 Å². The number of amides is 1. The predicted molar refractivity (Wildman–Crippen MR) is 81.6 cm³/mol. The van der Waals surface area contributed by atoms with Crippen LogP contribution in [0.5, 0.6) is 5.75 Å². The molecule has 2 N–H and O–H groups in total. The molecule has 0 radical (unpaired) electrons. The van der Waals surface area contributed by atoms with Gasteiger partial charge in [0.25, 0.3) is 5.91 Å². The fourth-order valence-electron chi connectivity index (χ4n) is 1.79. The molecule has 0 atom stereocenters. The molecule has 110 valence electrons. The van der Waals surface area contributed by atoms with E-state index in [4.69, 9.17) is 9.84 Å². The maximum atomic E-state index is 12.1. The van der Waals surface area contributed by atoms with Gasteiger partial charge in [-0.05, 0) is 36.8 Å². The summed E-state index contributed by atoms with van der Waals surface area (Å²) >= 11 is 1.28. The van der Waals surface area contributed by atoms with E-state index in [-0.39, 0.29) is 11.5 Å². The quantitative estimate of drug-likeness (QED) is 0.889. The molecule has 0 unspecified atom stereocenters. The summed E-state index contributed by atoms with van der Waals surface area (Å²) in [6, 6.07) is 8.21. The molecule has 0 fully saturated rings. The first-order valence-electron chi connectivity index (χ1n) is 6.36. The third-order valence-electron chi connectivity index (χ3n) is 2.94. The summed E-state index contributed by atoms with van der Waals surface area (Å²) < 4.78 is 5.03. The third-order valence-corrected chi connectivity index (χ3v) is 4.14. The Bertz CT molecular complexity index is 661. The van der Waals surface area contributed by atoms with Gasteiger partial charge >= 0.3 is 5.97 Å². The number of aryl methyl sites for hydroxylation is 1. The van der Waals surface area contributed by atoms with Crippen molar-refractivity contribution in [2.45, 2.75) is 13.3 Å². The minimum atomic E-state index is -1.05. The van der Waals surface area contributed by atoms with Crippen molar-refractivity contribution in [1.29, 1.82) is 0 Å². The number of carboxylic acid groups (broad SMARTS) is 1. The molecule has 0 spiro atoms. The zero-order valence-electron chi connectivity index (χ0n) is 11.7. The molecule has 2 aromatic rings. The zero-order chi connectivity index (χ0) is 15.4. The Kier molecular flexibility index (Phi) is 4.59. The van der Waals surface area contributed by atoms with Gasteiger partial charge < -0.3 is 15.2 Å². The van der Waals surface area contributed by atoms with Crippen LogP contribution >= 0.6 is 11.3 Å². The van der Waals surface area contributed by atoms with E-state index in [1.807, 2.05) is 6.92 Å². The molecule has 1 heterocycles. The maximum Gasteiger partial charge on any atom is 0.338 e. The van der Waals surface area contributed by atoms with Crippen LogP contribution in [0.2, 0.25) is 0 Å². The lowest BCUT2D eigenvalue weighted by Gasteiger charge is -2.05. The summed E-state index contributed by atoms with van der Waals surface area (Å²) in [7, 11) is 1.55. The summed E-state index contributed by atoms with van der Waals surface area (Å²) in [5, 5.41) is 12.2. The van der Waals surface area contributed by atoms with Crippen molar-refractivity contribution in [2.75, 3.05) is 12.4 Å². The smallest absolute Gasteiger partial charge is 0.338 e. The maximum absolute atomic E-state index is 12.1. The topological polar surface area (TPSA) is 75.6 Å². The number of rotatable bonds is 5. The number of carbonyl (C=O) groups excluding carboxylic acids is 1. The van der Waals surface area contributed by atoms with Crippen LogP contribution in [0.4, 0.5) is 5.00 Å².